The minimum absolute atomic E-state index is 0.0362. The second-order valence-electron chi connectivity index (χ2n) is 6.18. The van der Waals surface area contributed by atoms with Gasteiger partial charge in [-0.1, -0.05) is 48.5 Å². The van der Waals surface area contributed by atoms with Crippen molar-refractivity contribution in [3.05, 3.63) is 71.3 Å². The highest BCUT2D eigenvalue weighted by Gasteiger charge is 2.23. The number of piperidine rings is 1. The maximum absolute atomic E-state index is 12.3. The summed E-state index contributed by atoms with van der Waals surface area (Å²) in [4.78, 5) is 14.7. The van der Waals surface area contributed by atoms with Crippen LogP contribution >= 0.6 is 0 Å². The first-order valence-corrected chi connectivity index (χ1v) is 8.25. The molecule has 0 saturated carbocycles. The number of benzene rings is 2. The fourth-order valence-corrected chi connectivity index (χ4v) is 3.04. The van der Waals surface area contributed by atoms with Gasteiger partial charge in [0, 0.05) is 19.6 Å². The highest BCUT2D eigenvalue weighted by atomic mass is 16.5. The summed E-state index contributed by atoms with van der Waals surface area (Å²) in [6.45, 7) is 4.86. The number of likely N-dealkylation sites (tertiary alicyclic amines) is 1. The minimum atomic E-state index is -0.190. The molecule has 2 aromatic rings. The van der Waals surface area contributed by atoms with Crippen LogP contribution in [-0.4, -0.2) is 30.1 Å². The maximum Gasteiger partial charge on any atom is 0.338 e. The van der Waals surface area contributed by atoms with Crippen LogP contribution in [0.25, 0.3) is 0 Å². The SMILES string of the molecule is Cc1ccccc1C(=O)OC1CCN(Cc2ccccc2)CC1. The minimum Gasteiger partial charge on any atom is -0.459 e. The molecule has 0 aromatic heterocycles. The lowest BCUT2D eigenvalue weighted by Gasteiger charge is -2.31. The second-order valence-corrected chi connectivity index (χ2v) is 6.18. The van der Waals surface area contributed by atoms with Crippen molar-refractivity contribution < 1.29 is 9.53 Å². The van der Waals surface area contributed by atoms with E-state index in [1.807, 2.05) is 37.3 Å². The fourth-order valence-electron chi connectivity index (χ4n) is 3.04. The molecule has 3 nitrogen and oxygen atoms in total. The second kappa shape index (κ2) is 7.42. The highest BCUT2D eigenvalue weighted by molar-refractivity contribution is 5.91. The molecule has 0 radical (unpaired) electrons. The van der Waals surface area contributed by atoms with Crippen molar-refractivity contribution in [2.45, 2.75) is 32.4 Å². The standard InChI is InChI=1S/C20H23NO2/c1-16-7-5-6-10-19(16)20(22)23-18-11-13-21(14-12-18)15-17-8-3-2-4-9-17/h2-10,18H,11-15H2,1H3. The molecule has 23 heavy (non-hydrogen) atoms. The Labute approximate surface area is 137 Å². The summed E-state index contributed by atoms with van der Waals surface area (Å²) >= 11 is 0. The molecule has 0 atom stereocenters. The van der Waals surface area contributed by atoms with E-state index in [9.17, 15) is 4.79 Å². The van der Waals surface area contributed by atoms with Crippen molar-refractivity contribution >= 4 is 5.97 Å². The van der Waals surface area contributed by atoms with E-state index in [1.165, 1.54) is 5.56 Å². The van der Waals surface area contributed by atoms with Gasteiger partial charge < -0.3 is 4.74 Å². The van der Waals surface area contributed by atoms with Crippen LogP contribution in [0.2, 0.25) is 0 Å². The van der Waals surface area contributed by atoms with E-state index in [4.69, 9.17) is 4.74 Å². The van der Waals surface area contributed by atoms with Gasteiger partial charge in [-0.2, -0.15) is 0 Å². The largest absolute Gasteiger partial charge is 0.459 e. The number of carbonyl (C=O) groups is 1. The molecule has 0 amide bonds. The van der Waals surface area contributed by atoms with Crippen LogP contribution in [0.3, 0.4) is 0 Å². The van der Waals surface area contributed by atoms with Crippen LogP contribution in [0.5, 0.6) is 0 Å². The van der Waals surface area contributed by atoms with Crippen molar-refractivity contribution in [1.82, 2.24) is 4.90 Å². The Balaban J connectivity index is 1.49. The highest BCUT2D eigenvalue weighted by Crippen LogP contribution is 2.18. The molecule has 0 spiro atoms. The molecule has 1 saturated heterocycles. The first kappa shape index (κ1) is 15.8. The Morgan fingerprint density at radius 2 is 1.70 bits per heavy atom. The van der Waals surface area contributed by atoms with Gasteiger partial charge in [-0.3, -0.25) is 4.90 Å². The average Bonchev–Trinajstić information content (AvgIpc) is 2.58. The molecular weight excluding hydrogens is 286 g/mol. The molecule has 1 fully saturated rings. The van der Waals surface area contributed by atoms with Crippen molar-refractivity contribution in [2.75, 3.05) is 13.1 Å². The van der Waals surface area contributed by atoms with Crippen molar-refractivity contribution in [1.29, 1.82) is 0 Å². The third kappa shape index (κ3) is 4.20. The van der Waals surface area contributed by atoms with E-state index in [-0.39, 0.29) is 12.1 Å². The van der Waals surface area contributed by atoms with Crippen LogP contribution in [-0.2, 0) is 11.3 Å². The third-order valence-corrected chi connectivity index (χ3v) is 4.42. The predicted molar refractivity (Wildman–Crippen MR) is 91.3 cm³/mol. The van der Waals surface area contributed by atoms with Gasteiger partial charge in [-0.15, -0.1) is 0 Å². The molecule has 0 aliphatic carbocycles. The quantitative estimate of drug-likeness (QED) is 0.804. The molecule has 3 rings (SSSR count). The number of aryl methyl sites for hydroxylation is 1. The van der Waals surface area contributed by atoms with Gasteiger partial charge in [-0.05, 0) is 37.0 Å². The third-order valence-electron chi connectivity index (χ3n) is 4.42. The Bertz CT molecular complexity index is 646. The van der Waals surface area contributed by atoms with E-state index in [1.54, 1.807) is 0 Å². The summed E-state index contributed by atoms with van der Waals surface area (Å²) in [6, 6.07) is 18.1. The smallest absolute Gasteiger partial charge is 0.338 e. The zero-order valence-corrected chi connectivity index (χ0v) is 13.6. The molecule has 1 aliphatic heterocycles. The number of carbonyl (C=O) groups excluding carboxylic acids is 1. The molecule has 0 unspecified atom stereocenters. The van der Waals surface area contributed by atoms with E-state index in [0.717, 1.165) is 38.0 Å². The monoisotopic (exact) mass is 309 g/mol. The normalized spacial score (nSPS) is 16.2. The Morgan fingerprint density at radius 3 is 2.39 bits per heavy atom. The van der Waals surface area contributed by atoms with Crippen LogP contribution in [0.4, 0.5) is 0 Å². The lowest BCUT2D eigenvalue weighted by atomic mass is 10.1. The lowest BCUT2D eigenvalue weighted by molar-refractivity contribution is 0.0103. The van der Waals surface area contributed by atoms with E-state index < -0.39 is 0 Å². The van der Waals surface area contributed by atoms with Gasteiger partial charge in [0.25, 0.3) is 0 Å². The first-order valence-electron chi connectivity index (χ1n) is 8.25. The lowest BCUT2D eigenvalue weighted by Crippen LogP contribution is -2.37. The van der Waals surface area contributed by atoms with Crippen molar-refractivity contribution in [3.63, 3.8) is 0 Å². The summed E-state index contributed by atoms with van der Waals surface area (Å²) in [5, 5.41) is 0. The molecule has 1 aliphatic rings. The van der Waals surface area contributed by atoms with E-state index in [0.29, 0.717) is 5.56 Å². The van der Waals surface area contributed by atoms with Gasteiger partial charge in [0.05, 0.1) is 5.56 Å². The number of hydrogen-bond donors (Lipinski definition) is 0. The van der Waals surface area contributed by atoms with Gasteiger partial charge in [-0.25, -0.2) is 4.79 Å². The summed E-state index contributed by atoms with van der Waals surface area (Å²) in [5.41, 5.74) is 2.99. The van der Waals surface area contributed by atoms with Crippen molar-refractivity contribution in [2.24, 2.45) is 0 Å². The molecule has 120 valence electrons. The summed E-state index contributed by atoms with van der Waals surface area (Å²) < 4.78 is 5.69. The number of esters is 1. The number of rotatable bonds is 4. The molecule has 3 heteroatoms. The Morgan fingerprint density at radius 1 is 1.04 bits per heavy atom. The first-order chi connectivity index (χ1) is 11.2. The van der Waals surface area contributed by atoms with E-state index in [2.05, 4.69) is 29.2 Å². The Hall–Kier alpha value is -2.13. The maximum atomic E-state index is 12.3. The average molecular weight is 309 g/mol. The number of hydrogen-bond acceptors (Lipinski definition) is 3. The molecule has 0 N–H and O–H groups in total. The summed E-state index contributed by atoms with van der Waals surface area (Å²) in [6.07, 6.45) is 1.85. The predicted octanol–water partition coefficient (Wildman–Crippen LogP) is 3.82. The fraction of sp³-hybridized carbons (Fsp3) is 0.350. The van der Waals surface area contributed by atoms with Crippen LogP contribution < -0.4 is 0 Å². The van der Waals surface area contributed by atoms with Gasteiger partial charge >= 0.3 is 5.97 Å². The van der Waals surface area contributed by atoms with E-state index >= 15 is 0 Å². The zero-order valence-electron chi connectivity index (χ0n) is 13.6. The molecule has 1 heterocycles. The van der Waals surface area contributed by atoms with Crippen LogP contribution in [0, 0.1) is 6.92 Å². The number of nitrogens with zero attached hydrogens (tertiary/aromatic N) is 1. The van der Waals surface area contributed by atoms with Gasteiger partial charge in [0.1, 0.15) is 6.10 Å². The number of ether oxygens (including phenoxy) is 1. The summed E-state index contributed by atoms with van der Waals surface area (Å²) in [7, 11) is 0. The molecular formula is C20H23NO2. The topological polar surface area (TPSA) is 29.5 Å². The van der Waals surface area contributed by atoms with Gasteiger partial charge in [0.2, 0.25) is 0 Å². The van der Waals surface area contributed by atoms with Crippen molar-refractivity contribution in [3.8, 4) is 0 Å². The van der Waals surface area contributed by atoms with Crippen LogP contribution in [0.15, 0.2) is 54.6 Å². The Kier molecular flexibility index (Phi) is 5.09. The van der Waals surface area contributed by atoms with Gasteiger partial charge in [0.15, 0.2) is 0 Å². The molecule has 2 aromatic carbocycles. The molecule has 0 bridgehead atoms. The zero-order chi connectivity index (χ0) is 16.1. The van der Waals surface area contributed by atoms with Crippen LogP contribution in [0.1, 0.15) is 34.3 Å². The summed E-state index contributed by atoms with van der Waals surface area (Å²) in [5.74, 6) is -0.190.